The highest BCUT2D eigenvalue weighted by molar-refractivity contribution is 5.61. The van der Waals surface area contributed by atoms with E-state index in [1.807, 2.05) is 12.1 Å². The fourth-order valence-corrected chi connectivity index (χ4v) is 1.70. The molecule has 0 fully saturated rings. The first kappa shape index (κ1) is 13.0. The van der Waals surface area contributed by atoms with Crippen molar-refractivity contribution >= 4 is 11.5 Å². The minimum atomic E-state index is 0.274. The zero-order valence-corrected chi connectivity index (χ0v) is 10.8. The normalized spacial score (nSPS) is 10.2. The largest absolute Gasteiger partial charge is 0.508 e. The van der Waals surface area contributed by atoms with E-state index >= 15 is 0 Å². The van der Waals surface area contributed by atoms with Crippen LogP contribution in [0.3, 0.4) is 0 Å². The number of aromatic nitrogens is 1. The molecule has 2 rings (SSSR count). The van der Waals surface area contributed by atoms with Crippen LogP contribution < -0.4 is 15.8 Å². The van der Waals surface area contributed by atoms with Crippen molar-refractivity contribution in [1.29, 1.82) is 0 Å². The molecule has 5 nitrogen and oxygen atoms in total. The predicted octanol–water partition coefficient (Wildman–Crippen LogP) is 2.03. The van der Waals surface area contributed by atoms with Crippen molar-refractivity contribution in [1.82, 2.24) is 4.98 Å². The van der Waals surface area contributed by atoms with E-state index in [0.717, 1.165) is 12.0 Å². The quantitative estimate of drug-likeness (QED) is 0.765. The van der Waals surface area contributed by atoms with E-state index in [1.54, 1.807) is 31.4 Å². The summed E-state index contributed by atoms with van der Waals surface area (Å²) in [5.74, 6) is 1.43. The SMILES string of the molecule is COc1ccc(N)c(NCCc2ccc(O)cc2)n1. The third-order valence-electron chi connectivity index (χ3n) is 2.75. The molecule has 0 amide bonds. The molecular weight excluding hydrogens is 242 g/mol. The highest BCUT2D eigenvalue weighted by atomic mass is 16.5. The number of benzene rings is 1. The molecule has 19 heavy (non-hydrogen) atoms. The molecule has 4 N–H and O–H groups in total. The standard InChI is InChI=1S/C14H17N3O2/c1-19-13-7-6-12(15)14(17-13)16-9-8-10-2-4-11(18)5-3-10/h2-7,18H,8-9,15H2,1H3,(H,16,17). The maximum absolute atomic E-state index is 9.20. The minimum absolute atomic E-state index is 0.274. The number of methoxy groups -OCH3 is 1. The molecule has 0 unspecified atom stereocenters. The molecule has 0 aliphatic heterocycles. The number of hydrogen-bond donors (Lipinski definition) is 3. The Morgan fingerprint density at radius 1 is 1.21 bits per heavy atom. The third-order valence-corrected chi connectivity index (χ3v) is 2.75. The molecule has 0 bridgehead atoms. The van der Waals surface area contributed by atoms with Crippen molar-refractivity contribution in [3.63, 3.8) is 0 Å². The van der Waals surface area contributed by atoms with Gasteiger partial charge in [0.25, 0.3) is 0 Å². The lowest BCUT2D eigenvalue weighted by Gasteiger charge is -2.09. The van der Waals surface area contributed by atoms with Crippen molar-refractivity contribution in [2.24, 2.45) is 0 Å². The van der Waals surface area contributed by atoms with Crippen LogP contribution in [0.4, 0.5) is 11.5 Å². The summed E-state index contributed by atoms with van der Waals surface area (Å²) >= 11 is 0. The lowest BCUT2D eigenvalue weighted by atomic mass is 10.1. The molecule has 0 aliphatic rings. The van der Waals surface area contributed by atoms with Crippen LogP contribution in [0.1, 0.15) is 5.56 Å². The molecule has 5 heteroatoms. The van der Waals surface area contributed by atoms with Gasteiger partial charge in [-0.2, -0.15) is 4.98 Å². The summed E-state index contributed by atoms with van der Waals surface area (Å²) in [6.45, 7) is 0.704. The molecule has 100 valence electrons. The van der Waals surface area contributed by atoms with E-state index in [2.05, 4.69) is 10.3 Å². The number of nitrogens with one attached hydrogen (secondary N) is 1. The van der Waals surface area contributed by atoms with Gasteiger partial charge >= 0.3 is 0 Å². The smallest absolute Gasteiger partial charge is 0.215 e. The highest BCUT2D eigenvalue weighted by Gasteiger charge is 2.02. The van der Waals surface area contributed by atoms with Gasteiger partial charge in [-0.3, -0.25) is 0 Å². The molecule has 2 aromatic rings. The van der Waals surface area contributed by atoms with E-state index in [-0.39, 0.29) is 5.75 Å². The molecule has 0 saturated heterocycles. The number of nitrogens with zero attached hydrogens (tertiary/aromatic N) is 1. The topological polar surface area (TPSA) is 80.4 Å². The lowest BCUT2D eigenvalue weighted by molar-refractivity contribution is 0.398. The summed E-state index contributed by atoms with van der Waals surface area (Å²) in [6.07, 6.45) is 0.818. The zero-order valence-electron chi connectivity index (χ0n) is 10.8. The fourth-order valence-electron chi connectivity index (χ4n) is 1.70. The van der Waals surface area contributed by atoms with Gasteiger partial charge in [0.1, 0.15) is 5.75 Å². The molecule has 0 aliphatic carbocycles. The fraction of sp³-hybridized carbons (Fsp3) is 0.214. The Balaban J connectivity index is 1.93. The Labute approximate surface area is 112 Å². The summed E-state index contributed by atoms with van der Waals surface area (Å²) in [4.78, 5) is 4.24. The van der Waals surface area contributed by atoms with Crippen LogP contribution >= 0.6 is 0 Å². The summed E-state index contributed by atoms with van der Waals surface area (Å²) in [5.41, 5.74) is 7.55. The van der Waals surface area contributed by atoms with Crippen LogP contribution in [0.2, 0.25) is 0 Å². The Bertz CT molecular complexity index is 541. The second kappa shape index (κ2) is 5.95. The molecule has 1 aromatic carbocycles. The average molecular weight is 259 g/mol. The molecule has 0 atom stereocenters. The van der Waals surface area contributed by atoms with Gasteiger partial charge in [0, 0.05) is 12.6 Å². The van der Waals surface area contributed by atoms with Crippen LogP contribution in [0, 0.1) is 0 Å². The van der Waals surface area contributed by atoms with Gasteiger partial charge in [-0.15, -0.1) is 0 Å². The Morgan fingerprint density at radius 3 is 2.63 bits per heavy atom. The van der Waals surface area contributed by atoms with Crippen LogP contribution in [0.5, 0.6) is 11.6 Å². The monoisotopic (exact) mass is 259 g/mol. The van der Waals surface area contributed by atoms with Crippen molar-refractivity contribution in [2.45, 2.75) is 6.42 Å². The molecular formula is C14H17N3O2. The second-order valence-electron chi connectivity index (χ2n) is 4.13. The van der Waals surface area contributed by atoms with E-state index in [9.17, 15) is 5.11 Å². The second-order valence-corrected chi connectivity index (χ2v) is 4.13. The van der Waals surface area contributed by atoms with Gasteiger partial charge in [0.15, 0.2) is 5.82 Å². The van der Waals surface area contributed by atoms with Crippen LogP contribution in [0.25, 0.3) is 0 Å². The Hall–Kier alpha value is -2.43. The van der Waals surface area contributed by atoms with Gasteiger partial charge in [0.05, 0.1) is 12.8 Å². The number of pyridine rings is 1. The average Bonchev–Trinajstić information content (AvgIpc) is 2.43. The number of nitrogen functional groups attached to an aromatic ring is 1. The summed E-state index contributed by atoms with van der Waals surface area (Å²) < 4.78 is 5.05. The van der Waals surface area contributed by atoms with E-state index in [4.69, 9.17) is 10.5 Å². The van der Waals surface area contributed by atoms with Crippen LogP contribution in [0.15, 0.2) is 36.4 Å². The summed E-state index contributed by atoms with van der Waals surface area (Å²) in [7, 11) is 1.57. The third kappa shape index (κ3) is 3.51. The van der Waals surface area contributed by atoms with Crippen LogP contribution in [-0.2, 0) is 6.42 Å². The number of phenols is 1. The first-order valence-corrected chi connectivity index (χ1v) is 6.01. The zero-order chi connectivity index (χ0) is 13.7. The van der Waals surface area contributed by atoms with Gasteiger partial charge in [-0.25, -0.2) is 0 Å². The molecule has 1 heterocycles. The van der Waals surface area contributed by atoms with Gasteiger partial charge in [-0.1, -0.05) is 12.1 Å². The summed E-state index contributed by atoms with van der Waals surface area (Å²) in [5, 5.41) is 12.4. The number of nitrogens with two attached hydrogens (primary N) is 1. The summed E-state index contributed by atoms with van der Waals surface area (Å²) in [6, 6.07) is 10.6. The first-order chi connectivity index (χ1) is 9.19. The Kier molecular flexibility index (Phi) is 4.07. The lowest BCUT2D eigenvalue weighted by Crippen LogP contribution is -2.09. The van der Waals surface area contributed by atoms with Crippen molar-refractivity contribution in [3.05, 3.63) is 42.0 Å². The van der Waals surface area contributed by atoms with Crippen molar-refractivity contribution in [2.75, 3.05) is 24.7 Å². The van der Waals surface area contributed by atoms with Crippen molar-refractivity contribution in [3.8, 4) is 11.6 Å². The number of rotatable bonds is 5. The van der Waals surface area contributed by atoms with E-state index in [0.29, 0.717) is 23.9 Å². The molecule has 0 radical (unpaired) electrons. The number of hydrogen-bond acceptors (Lipinski definition) is 5. The highest BCUT2D eigenvalue weighted by Crippen LogP contribution is 2.19. The molecule has 1 aromatic heterocycles. The number of ether oxygens (including phenoxy) is 1. The van der Waals surface area contributed by atoms with Gasteiger partial charge < -0.3 is 20.9 Å². The number of anilines is 2. The molecule has 0 saturated carbocycles. The van der Waals surface area contributed by atoms with Crippen LogP contribution in [-0.4, -0.2) is 23.7 Å². The van der Waals surface area contributed by atoms with E-state index in [1.165, 1.54) is 0 Å². The van der Waals surface area contributed by atoms with Gasteiger partial charge in [-0.05, 0) is 30.2 Å². The molecule has 0 spiro atoms. The van der Waals surface area contributed by atoms with Gasteiger partial charge in [0.2, 0.25) is 5.88 Å². The van der Waals surface area contributed by atoms with Crippen molar-refractivity contribution < 1.29 is 9.84 Å². The maximum Gasteiger partial charge on any atom is 0.215 e. The minimum Gasteiger partial charge on any atom is -0.508 e. The number of aromatic hydroxyl groups is 1. The maximum atomic E-state index is 9.20. The Morgan fingerprint density at radius 2 is 1.95 bits per heavy atom. The number of phenolic OH excluding ortho intramolecular Hbond substituents is 1. The predicted molar refractivity (Wildman–Crippen MR) is 75.5 cm³/mol. The first-order valence-electron chi connectivity index (χ1n) is 6.01. The van der Waals surface area contributed by atoms with E-state index < -0.39 is 0 Å².